The first-order chi connectivity index (χ1) is 13.5. The Kier molecular flexibility index (Phi) is 6.23. The minimum atomic E-state index is -0.434. The highest BCUT2D eigenvalue weighted by molar-refractivity contribution is 5.70. The molecule has 8 nitrogen and oxygen atoms in total. The summed E-state index contributed by atoms with van der Waals surface area (Å²) in [5.74, 6) is 0.771. The molecule has 9 heteroatoms. The summed E-state index contributed by atoms with van der Waals surface area (Å²) >= 11 is 0. The number of halogens is 1. The molecule has 1 aromatic heterocycles. The number of hydrogen-bond acceptors (Lipinski definition) is 7. The van der Waals surface area contributed by atoms with Crippen molar-refractivity contribution in [1.82, 2.24) is 9.97 Å². The molecule has 1 aliphatic heterocycles. The van der Waals surface area contributed by atoms with E-state index < -0.39 is 4.92 Å². The van der Waals surface area contributed by atoms with Crippen LogP contribution in [0.2, 0.25) is 0 Å². The molecule has 0 amide bonds. The maximum atomic E-state index is 14.0. The van der Waals surface area contributed by atoms with Crippen molar-refractivity contribution in [3.63, 3.8) is 0 Å². The van der Waals surface area contributed by atoms with E-state index in [4.69, 9.17) is 0 Å². The summed E-state index contributed by atoms with van der Waals surface area (Å²) in [7, 11) is 0. The van der Waals surface area contributed by atoms with Gasteiger partial charge in [0.25, 0.3) is 0 Å². The zero-order chi connectivity index (χ0) is 20.1. The molecule has 0 spiro atoms. The van der Waals surface area contributed by atoms with E-state index in [0.29, 0.717) is 50.1 Å². The van der Waals surface area contributed by atoms with Crippen LogP contribution in [-0.4, -0.2) is 47.6 Å². The number of rotatable bonds is 7. The molecule has 0 bridgehead atoms. The summed E-state index contributed by atoms with van der Waals surface area (Å²) in [4.78, 5) is 23.3. The van der Waals surface area contributed by atoms with Gasteiger partial charge in [-0.05, 0) is 24.5 Å². The quantitative estimate of drug-likeness (QED) is 0.575. The van der Waals surface area contributed by atoms with Crippen LogP contribution in [0, 0.1) is 21.8 Å². The number of piperazine rings is 1. The largest absolute Gasteiger partial charge is 0.366 e. The van der Waals surface area contributed by atoms with E-state index in [2.05, 4.69) is 29.1 Å². The van der Waals surface area contributed by atoms with Gasteiger partial charge in [-0.1, -0.05) is 26.0 Å². The molecule has 2 heterocycles. The van der Waals surface area contributed by atoms with Crippen LogP contribution in [0.4, 0.5) is 27.4 Å². The highest BCUT2D eigenvalue weighted by Crippen LogP contribution is 2.33. The topological polar surface area (TPSA) is 87.4 Å². The lowest BCUT2D eigenvalue weighted by Gasteiger charge is -2.36. The van der Waals surface area contributed by atoms with Crippen molar-refractivity contribution in [2.24, 2.45) is 5.92 Å². The summed E-state index contributed by atoms with van der Waals surface area (Å²) in [5, 5.41) is 14.8. The van der Waals surface area contributed by atoms with E-state index in [1.165, 1.54) is 12.4 Å². The lowest BCUT2D eigenvalue weighted by atomic mass is 10.1. The van der Waals surface area contributed by atoms with E-state index in [1.807, 2.05) is 9.80 Å². The van der Waals surface area contributed by atoms with Crippen molar-refractivity contribution >= 4 is 23.0 Å². The van der Waals surface area contributed by atoms with Gasteiger partial charge in [0, 0.05) is 32.7 Å². The molecule has 0 radical (unpaired) electrons. The number of nitrogens with one attached hydrogen (secondary N) is 1. The highest BCUT2D eigenvalue weighted by atomic mass is 19.1. The summed E-state index contributed by atoms with van der Waals surface area (Å²) in [6, 6.07) is 6.64. The van der Waals surface area contributed by atoms with Crippen molar-refractivity contribution in [2.45, 2.75) is 20.3 Å². The van der Waals surface area contributed by atoms with Crippen LogP contribution in [0.3, 0.4) is 0 Å². The first-order valence-electron chi connectivity index (χ1n) is 9.45. The molecule has 1 N–H and O–H groups in total. The fraction of sp³-hybridized carbons (Fsp3) is 0.474. The van der Waals surface area contributed by atoms with Crippen LogP contribution in [-0.2, 0) is 0 Å². The van der Waals surface area contributed by atoms with Gasteiger partial charge in [-0.2, -0.15) is 0 Å². The molecule has 0 unspecified atom stereocenters. The Morgan fingerprint density at radius 2 is 1.86 bits per heavy atom. The molecule has 28 heavy (non-hydrogen) atoms. The van der Waals surface area contributed by atoms with E-state index in [-0.39, 0.29) is 17.3 Å². The molecule has 1 saturated heterocycles. The second-order valence-electron chi connectivity index (χ2n) is 7.19. The predicted molar refractivity (Wildman–Crippen MR) is 107 cm³/mol. The minimum absolute atomic E-state index is 0.106. The summed E-state index contributed by atoms with van der Waals surface area (Å²) in [6.45, 7) is 6.93. The Hall–Kier alpha value is -2.97. The van der Waals surface area contributed by atoms with E-state index >= 15 is 0 Å². The van der Waals surface area contributed by atoms with Crippen molar-refractivity contribution in [1.29, 1.82) is 0 Å². The van der Waals surface area contributed by atoms with E-state index in [1.54, 1.807) is 18.2 Å². The number of nitro groups is 1. The lowest BCUT2D eigenvalue weighted by Crippen LogP contribution is -2.47. The molecular weight excluding hydrogens is 363 g/mol. The number of para-hydroxylation sites is 1. The Morgan fingerprint density at radius 1 is 1.18 bits per heavy atom. The Balaban J connectivity index is 1.75. The Bertz CT molecular complexity index is 824. The zero-order valence-corrected chi connectivity index (χ0v) is 16.1. The highest BCUT2D eigenvalue weighted by Gasteiger charge is 2.29. The van der Waals surface area contributed by atoms with Crippen LogP contribution in [0.5, 0.6) is 0 Å². The van der Waals surface area contributed by atoms with E-state index in [0.717, 1.165) is 6.42 Å². The van der Waals surface area contributed by atoms with Crippen molar-refractivity contribution < 1.29 is 9.31 Å². The second kappa shape index (κ2) is 8.81. The van der Waals surface area contributed by atoms with Crippen molar-refractivity contribution in [2.75, 3.05) is 47.8 Å². The summed E-state index contributed by atoms with van der Waals surface area (Å²) in [5.41, 5.74) is 0.445. The first kappa shape index (κ1) is 19.8. The second-order valence-corrected chi connectivity index (χ2v) is 7.19. The van der Waals surface area contributed by atoms with Gasteiger partial charge in [0.15, 0.2) is 0 Å². The van der Waals surface area contributed by atoms with Gasteiger partial charge in [-0.3, -0.25) is 10.1 Å². The Labute approximate surface area is 163 Å². The fourth-order valence-electron chi connectivity index (χ4n) is 3.24. The van der Waals surface area contributed by atoms with Crippen LogP contribution >= 0.6 is 0 Å². The van der Waals surface area contributed by atoms with Gasteiger partial charge in [-0.15, -0.1) is 0 Å². The minimum Gasteiger partial charge on any atom is -0.366 e. The van der Waals surface area contributed by atoms with Gasteiger partial charge in [0.1, 0.15) is 12.1 Å². The molecule has 150 valence electrons. The third-order valence-electron chi connectivity index (χ3n) is 4.77. The molecule has 3 rings (SSSR count). The molecule has 0 atom stereocenters. The monoisotopic (exact) mass is 388 g/mol. The van der Waals surface area contributed by atoms with Gasteiger partial charge < -0.3 is 15.1 Å². The number of nitrogens with zero attached hydrogens (tertiary/aromatic N) is 5. The normalized spacial score (nSPS) is 14.4. The van der Waals surface area contributed by atoms with Crippen LogP contribution in [0.1, 0.15) is 20.3 Å². The molecule has 1 aliphatic rings. The molecule has 1 aromatic carbocycles. The fourth-order valence-corrected chi connectivity index (χ4v) is 3.24. The third kappa shape index (κ3) is 4.47. The standard InChI is InChI=1S/C19H25FN6O2/c1-14(2)7-8-21-18-17(26(27)28)19(23-13-22-18)25-11-9-24(10-12-25)16-6-4-3-5-15(16)20/h3-6,13-14H,7-12H2,1-2H3,(H,21,22,23). The predicted octanol–water partition coefficient (Wildman–Crippen LogP) is 3.31. The molecule has 1 fully saturated rings. The average molecular weight is 388 g/mol. The maximum absolute atomic E-state index is 14.0. The number of anilines is 3. The molecule has 0 saturated carbocycles. The number of benzene rings is 1. The summed E-state index contributed by atoms with van der Waals surface area (Å²) < 4.78 is 14.0. The van der Waals surface area contributed by atoms with Gasteiger partial charge in [0.2, 0.25) is 11.6 Å². The zero-order valence-electron chi connectivity index (χ0n) is 16.1. The van der Waals surface area contributed by atoms with Crippen molar-refractivity contribution in [3.05, 3.63) is 46.5 Å². The van der Waals surface area contributed by atoms with Gasteiger partial charge >= 0.3 is 5.69 Å². The lowest BCUT2D eigenvalue weighted by molar-refractivity contribution is -0.383. The number of hydrogen-bond donors (Lipinski definition) is 1. The maximum Gasteiger partial charge on any atom is 0.353 e. The van der Waals surface area contributed by atoms with Gasteiger partial charge in [0.05, 0.1) is 10.6 Å². The van der Waals surface area contributed by atoms with Crippen LogP contribution < -0.4 is 15.1 Å². The van der Waals surface area contributed by atoms with Crippen molar-refractivity contribution in [3.8, 4) is 0 Å². The number of aromatic nitrogens is 2. The molecule has 2 aromatic rings. The summed E-state index contributed by atoms with van der Waals surface area (Å²) in [6.07, 6.45) is 2.24. The first-order valence-corrected chi connectivity index (χ1v) is 9.45. The Morgan fingerprint density at radius 3 is 2.50 bits per heavy atom. The van der Waals surface area contributed by atoms with Crippen LogP contribution in [0.15, 0.2) is 30.6 Å². The smallest absolute Gasteiger partial charge is 0.353 e. The third-order valence-corrected chi connectivity index (χ3v) is 4.77. The van der Waals surface area contributed by atoms with E-state index in [9.17, 15) is 14.5 Å². The SMILES string of the molecule is CC(C)CCNc1ncnc(N2CCN(c3ccccc3F)CC2)c1[N+](=O)[O-]. The van der Waals surface area contributed by atoms with Crippen LogP contribution in [0.25, 0.3) is 0 Å². The molecular formula is C19H25FN6O2. The van der Waals surface area contributed by atoms with Gasteiger partial charge in [-0.25, -0.2) is 14.4 Å². The average Bonchev–Trinajstić information content (AvgIpc) is 2.68. The molecule has 0 aliphatic carbocycles.